The number of nitrogens with one attached hydrogen (secondary N) is 1. The van der Waals surface area contributed by atoms with E-state index in [0.29, 0.717) is 11.1 Å². The van der Waals surface area contributed by atoms with Gasteiger partial charge in [0.15, 0.2) is 5.69 Å². The third kappa shape index (κ3) is 5.41. The van der Waals surface area contributed by atoms with E-state index >= 15 is 0 Å². The van der Waals surface area contributed by atoms with Gasteiger partial charge in [0.1, 0.15) is 16.4 Å². The lowest BCUT2D eigenvalue weighted by molar-refractivity contribution is -0.0500. The number of nitrogens with zero attached hydrogens (tertiary/aromatic N) is 1. The number of aryl methyl sites for hydroxylation is 1. The Kier molecular flexibility index (Phi) is 6.65. The van der Waals surface area contributed by atoms with Gasteiger partial charge in [-0.05, 0) is 48.7 Å². The molecule has 0 radical (unpaired) electrons. The van der Waals surface area contributed by atoms with Crippen LogP contribution in [0.2, 0.25) is 0 Å². The summed E-state index contributed by atoms with van der Waals surface area (Å²) in [5, 5.41) is 9.74. The molecule has 0 aliphatic rings. The Bertz CT molecular complexity index is 1200. The van der Waals surface area contributed by atoms with Crippen LogP contribution in [0.3, 0.4) is 0 Å². The van der Waals surface area contributed by atoms with Crippen molar-refractivity contribution >= 4 is 25.8 Å². The van der Waals surface area contributed by atoms with Crippen LogP contribution in [0.5, 0.6) is 11.5 Å². The molecule has 0 aliphatic carbocycles. The van der Waals surface area contributed by atoms with E-state index in [9.17, 15) is 35.1 Å². The monoisotopic (exact) mass is 464 g/mol. The van der Waals surface area contributed by atoms with Crippen LogP contribution >= 0.6 is 0 Å². The normalized spacial score (nSPS) is 12.4. The van der Waals surface area contributed by atoms with Gasteiger partial charge in [-0.3, -0.25) is 0 Å². The van der Waals surface area contributed by atoms with Crippen LogP contribution in [0.1, 0.15) is 11.1 Å². The molecule has 30 heavy (non-hydrogen) atoms. The Morgan fingerprint density at radius 2 is 1.80 bits per heavy atom. The molecule has 0 heterocycles. The van der Waals surface area contributed by atoms with Crippen LogP contribution < -0.4 is 8.91 Å². The topological polar surface area (TPSA) is 114 Å². The Hall–Kier alpha value is -2.82. The van der Waals surface area contributed by atoms with E-state index in [1.54, 1.807) is 0 Å². The van der Waals surface area contributed by atoms with Crippen molar-refractivity contribution in [2.24, 2.45) is 0 Å². The highest BCUT2D eigenvalue weighted by Crippen LogP contribution is 2.29. The highest BCUT2D eigenvalue weighted by molar-refractivity contribution is 7.89. The average molecular weight is 464 g/mol. The van der Waals surface area contributed by atoms with Crippen LogP contribution in [0, 0.1) is 13.5 Å². The average Bonchev–Trinajstić information content (AvgIpc) is 2.62. The second-order valence-electron chi connectivity index (χ2n) is 5.98. The molecule has 0 unspecified atom stereocenters. The molecule has 0 saturated heterocycles. The molecule has 0 aliphatic heterocycles. The summed E-state index contributed by atoms with van der Waals surface area (Å²) in [6.45, 7) is 8.27. The number of halogens is 3. The van der Waals surface area contributed by atoms with Crippen LogP contribution in [-0.2, 0) is 26.6 Å². The molecule has 2 N–H and O–H groups in total. The minimum absolute atomic E-state index is 0.0217. The van der Waals surface area contributed by atoms with Crippen LogP contribution in [0.4, 0.5) is 18.9 Å². The molecule has 13 heteroatoms. The van der Waals surface area contributed by atoms with E-state index in [4.69, 9.17) is 6.57 Å². The number of phenols is 1. The van der Waals surface area contributed by atoms with Crippen molar-refractivity contribution < 1.29 is 39.3 Å². The zero-order chi connectivity index (χ0) is 22.7. The number of phenolic OH excluding ortho intramolecular Hbond substituents is 1. The summed E-state index contributed by atoms with van der Waals surface area (Å²) in [5.41, 5.74) is -4.64. The van der Waals surface area contributed by atoms with Gasteiger partial charge in [-0.1, -0.05) is 12.1 Å². The van der Waals surface area contributed by atoms with E-state index in [1.165, 1.54) is 19.1 Å². The highest BCUT2D eigenvalue weighted by atomic mass is 32.2. The molecule has 2 aromatic carbocycles. The number of alkyl halides is 3. The second-order valence-corrected chi connectivity index (χ2v) is 9.26. The lowest BCUT2D eigenvalue weighted by atomic mass is 10.1. The second kappa shape index (κ2) is 8.50. The van der Waals surface area contributed by atoms with E-state index in [0.717, 1.165) is 24.3 Å². The molecule has 162 valence electrons. The Labute approximate surface area is 170 Å². The van der Waals surface area contributed by atoms with E-state index in [2.05, 4.69) is 13.8 Å². The summed E-state index contributed by atoms with van der Waals surface area (Å²) in [6.07, 6.45) is 0.112. The molecular formula is C17H15F3N2O6S2. The van der Waals surface area contributed by atoms with Crippen molar-refractivity contribution in [1.82, 2.24) is 4.72 Å². The van der Waals surface area contributed by atoms with Crippen LogP contribution in [0.25, 0.3) is 4.85 Å². The fraction of sp³-hybridized carbons (Fsp3) is 0.235. The number of sulfonamides is 1. The van der Waals surface area contributed by atoms with Gasteiger partial charge < -0.3 is 9.29 Å². The minimum atomic E-state index is -5.79. The van der Waals surface area contributed by atoms with Gasteiger partial charge in [0.05, 0.1) is 6.57 Å². The minimum Gasteiger partial charge on any atom is -0.507 e. The summed E-state index contributed by atoms with van der Waals surface area (Å²) in [6, 6.07) is 6.77. The van der Waals surface area contributed by atoms with Crippen molar-refractivity contribution in [2.75, 3.05) is 6.54 Å². The fourth-order valence-electron chi connectivity index (χ4n) is 2.36. The predicted molar refractivity (Wildman–Crippen MR) is 100 cm³/mol. The van der Waals surface area contributed by atoms with Crippen molar-refractivity contribution in [1.29, 1.82) is 0 Å². The molecule has 2 aromatic rings. The quantitative estimate of drug-likeness (QED) is 0.370. The van der Waals surface area contributed by atoms with Crippen LogP contribution in [-0.4, -0.2) is 34.0 Å². The number of hydrogen-bond acceptors (Lipinski definition) is 6. The van der Waals surface area contributed by atoms with Gasteiger partial charge in [-0.2, -0.15) is 21.6 Å². The van der Waals surface area contributed by atoms with Crippen LogP contribution in [0.15, 0.2) is 41.3 Å². The molecular weight excluding hydrogens is 449 g/mol. The summed E-state index contributed by atoms with van der Waals surface area (Å²) in [7, 11) is -9.92. The molecule has 0 saturated carbocycles. The number of rotatable bonds is 7. The van der Waals surface area contributed by atoms with E-state index < -0.39 is 42.0 Å². The zero-order valence-corrected chi connectivity index (χ0v) is 16.9. The molecule has 8 nitrogen and oxygen atoms in total. The maximum absolute atomic E-state index is 12.4. The van der Waals surface area contributed by atoms with Crippen molar-refractivity contribution in [3.8, 4) is 11.5 Å². The van der Waals surface area contributed by atoms with Crippen molar-refractivity contribution in [3.63, 3.8) is 0 Å². The molecule has 0 bridgehead atoms. The fourth-order valence-corrected chi connectivity index (χ4v) is 3.96. The first-order valence-electron chi connectivity index (χ1n) is 8.07. The molecule has 2 rings (SSSR count). The third-order valence-corrected chi connectivity index (χ3v) is 6.32. The summed E-state index contributed by atoms with van der Waals surface area (Å²) >= 11 is 0. The summed E-state index contributed by atoms with van der Waals surface area (Å²) in [4.78, 5) is 2.63. The highest BCUT2D eigenvalue weighted by Gasteiger charge is 2.48. The van der Waals surface area contributed by atoms with Gasteiger partial charge >= 0.3 is 15.6 Å². The zero-order valence-electron chi connectivity index (χ0n) is 15.3. The van der Waals surface area contributed by atoms with Gasteiger partial charge in [0.2, 0.25) is 10.0 Å². The smallest absolute Gasteiger partial charge is 0.507 e. The number of benzene rings is 2. The SMILES string of the molecule is [C-]#[N+]c1ccc(O)c(S(=O)(=O)NCCc2ccc(OS(=O)(=O)C(F)(F)F)cc2C)c1. The largest absolute Gasteiger partial charge is 0.534 e. The lowest BCUT2D eigenvalue weighted by Gasteiger charge is -2.12. The first kappa shape index (κ1) is 23.5. The lowest BCUT2D eigenvalue weighted by Crippen LogP contribution is -2.28. The van der Waals surface area contributed by atoms with Crippen molar-refractivity contribution in [2.45, 2.75) is 23.7 Å². The molecule has 0 amide bonds. The first-order valence-corrected chi connectivity index (χ1v) is 11.0. The molecule has 0 fully saturated rings. The number of aromatic hydroxyl groups is 1. The van der Waals surface area contributed by atoms with Gasteiger partial charge in [-0.15, -0.1) is 0 Å². The maximum Gasteiger partial charge on any atom is 0.534 e. The molecule has 0 atom stereocenters. The third-order valence-electron chi connectivity index (χ3n) is 3.85. The Morgan fingerprint density at radius 1 is 1.13 bits per heavy atom. The maximum atomic E-state index is 12.4. The standard InChI is InChI=1S/C17H15F3N2O6S2/c1-11-9-14(28-30(26,27)17(18,19)20)5-3-12(11)7-8-22-29(24,25)16-10-13(21-2)4-6-15(16)23/h3-6,9-10,22-23H,7-8H2,1H3. The Balaban J connectivity index is 2.09. The first-order chi connectivity index (χ1) is 13.8. The van der Waals surface area contributed by atoms with Gasteiger partial charge in [0.25, 0.3) is 0 Å². The van der Waals surface area contributed by atoms with Crippen molar-refractivity contribution in [3.05, 3.63) is 58.9 Å². The van der Waals surface area contributed by atoms with E-state index in [1.807, 2.05) is 0 Å². The van der Waals surface area contributed by atoms with Gasteiger partial charge in [-0.25, -0.2) is 18.0 Å². The molecule has 0 aromatic heterocycles. The van der Waals surface area contributed by atoms with Gasteiger partial charge in [0, 0.05) is 6.54 Å². The number of hydrogen-bond donors (Lipinski definition) is 2. The summed E-state index contributed by atoms with van der Waals surface area (Å²) < 4.78 is 90.2. The molecule has 0 spiro atoms. The Morgan fingerprint density at radius 3 is 2.37 bits per heavy atom. The predicted octanol–water partition coefficient (Wildman–Crippen LogP) is 3.00. The summed E-state index contributed by atoms with van der Waals surface area (Å²) in [5.74, 6) is -1.06. The van der Waals surface area contributed by atoms with E-state index in [-0.39, 0.29) is 18.7 Å².